The van der Waals surface area contributed by atoms with Gasteiger partial charge in [-0.25, -0.2) is 4.39 Å². The molecule has 0 spiro atoms. The van der Waals surface area contributed by atoms with Crippen molar-refractivity contribution in [3.8, 4) is 0 Å². The summed E-state index contributed by atoms with van der Waals surface area (Å²) in [7, 11) is 0. The third-order valence-electron chi connectivity index (χ3n) is 3.80. The van der Waals surface area contributed by atoms with Crippen molar-refractivity contribution in [2.45, 2.75) is 26.3 Å². The second-order valence-electron chi connectivity index (χ2n) is 5.44. The molecule has 1 aromatic rings. The van der Waals surface area contributed by atoms with Gasteiger partial charge in [-0.05, 0) is 50.0 Å². The van der Waals surface area contributed by atoms with Crippen LogP contribution in [0.1, 0.15) is 25.3 Å². The summed E-state index contributed by atoms with van der Waals surface area (Å²) in [5.74, 6) is 0.738. The number of rotatable bonds is 5. The molecule has 2 nitrogen and oxygen atoms in total. The highest BCUT2D eigenvalue weighted by Gasteiger charge is 2.14. The van der Waals surface area contributed by atoms with Gasteiger partial charge in [0.05, 0.1) is 0 Å². The third kappa shape index (κ3) is 4.86. The Hall–Kier alpha value is -0.450. The largest absolute Gasteiger partial charge is 0.311 e. The molecular weight excluding hydrogens is 307 g/mol. The Balaban J connectivity index is 1.68. The van der Waals surface area contributed by atoms with Crippen molar-refractivity contribution in [3.05, 3.63) is 34.1 Å². The minimum Gasteiger partial charge on any atom is -0.311 e. The van der Waals surface area contributed by atoms with Gasteiger partial charge < -0.3 is 10.2 Å². The Kier molecular flexibility index (Phi) is 5.79. The van der Waals surface area contributed by atoms with Crippen LogP contribution in [0.4, 0.5) is 4.39 Å². The first-order valence-electron chi connectivity index (χ1n) is 7.02. The summed E-state index contributed by atoms with van der Waals surface area (Å²) in [4.78, 5) is 2.49. The number of likely N-dealkylation sites (tertiary alicyclic amines) is 1. The lowest BCUT2D eigenvalue weighted by Gasteiger charge is -2.30. The number of nitrogens with zero attached hydrogens (tertiary/aromatic N) is 1. The lowest BCUT2D eigenvalue weighted by atomic mass is 9.99. The Labute approximate surface area is 123 Å². The summed E-state index contributed by atoms with van der Waals surface area (Å²) in [5.41, 5.74) is 0.724. The van der Waals surface area contributed by atoms with E-state index in [-0.39, 0.29) is 5.82 Å². The molecule has 0 aromatic heterocycles. The molecule has 0 aliphatic carbocycles. The van der Waals surface area contributed by atoms with E-state index < -0.39 is 0 Å². The van der Waals surface area contributed by atoms with E-state index >= 15 is 0 Å². The molecule has 1 aliphatic rings. The molecule has 1 N–H and O–H groups in total. The van der Waals surface area contributed by atoms with Gasteiger partial charge in [0, 0.05) is 29.7 Å². The molecule has 0 saturated carbocycles. The van der Waals surface area contributed by atoms with Crippen LogP contribution in [-0.4, -0.2) is 31.1 Å². The molecule has 4 heteroatoms. The number of hydrogen-bond donors (Lipinski definition) is 1. The second kappa shape index (κ2) is 7.36. The first-order valence-corrected chi connectivity index (χ1v) is 7.81. The van der Waals surface area contributed by atoms with E-state index in [1.54, 1.807) is 6.07 Å². The minimum atomic E-state index is -0.137. The van der Waals surface area contributed by atoms with Crippen molar-refractivity contribution in [1.29, 1.82) is 0 Å². The summed E-state index contributed by atoms with van der Waals surface area (Å²) in [6.07, 6.45) is 2.61. The number of benzene rings is 1. The van der Waals surface area contributed by atoms with Crippen molar-refractivity contribution in [2.75, 3.05) is 26.2 Å². The zero-order chi connectivity index (χ0) is 13.7. The van der Waals surface area contributed by atoms with Crippen LogP contribution in [0.25, 0.3) is 0 Å². The van der Waals surface area contributed by atoms with Crippen molar-refractivity contribution >= 4 is 15.9 Å². The van der Waals surface area contributed by atoms with E-state index in [0.717, 1.165) is 29.0 Å². The second-order valence-corrected chi connectivity index (χ2v) is 6.35. The van der Waals surface area contributed by atoms with Gasteiger partial charge >= 0.3 is 0 Å². The molecule has 0 amide bonds. The monoisotopic (exact) mass is 328 g/mol. The summed E-state index contributed by atoms with van der Waals surface area (Å²) in [6.45, 7) is 7.30. The van der Waals surface area contributed by atoms with Gasteiger partial charge in [0.2, 0.25) is 0 Å². The van der Waals surface area contributed by atoms with Crippen molar-refractivity contribution in [3.63, 3.8) is 0 Å². The molecule has 0 bridgehead atoms. The molecule has 0 radical (unpaired) electrons. The molecular formula is C15H22BrFN2. The zero-order valence-corrected chi connectivity index (χ0v) is 13.0. The quantitative estimate of drug-likeness (QED) is 0.833. The summed E-state index contributed by atoms with van der Waals surface area (Å²) in [6, 6.07) is 5.08. The summed E-state index contributed by atoms with van der Waals surface area (Å²) in [5, 5.41) is 3.33. The summed E-state index contributed by atoms with van der Waals surface area (Å²) < 4.78 is 14.4. The maximum Gasteiger partial charge on any atom is 0.127 e. The standard InChI is InChI=1S/C15H22BrFN2/c1-12-4-7-19(8-5-12)9-6-18-11-13-10-14(16)2-3-15(13)17/h2-3,10,12,18H,4-9,11H2,1H3. The first kappa shape index (κ1) is 14.9. The van der Waals surface area contributed by atoms with E-state index in [2.05, 4.69) is 33.1 Å². The van der Waals surface area contributed by atoms with Crippen LogP contribution < -0.4 is 5.32 Å². The average Bonchev–Trinajstić information content (AvgIpc) is 2.40. The van der Waals surface area contributed by atoms with Crippen LogP contribution in [0.2, 0.25) is 0 Å². The Morgan fingerprint density at radius 2 is 2.11 bits per heavy atom. The van der Waals surface area contributed by atoms with Gasteiger partial charge in [0.25, 0.3) is 0 Å². The van der Waals surface area contributed by atoms with Gasteiger partial charge in [-0.15, -0.1) is 0 Å². The van der Waals surface area contributed by atoms with Crippen molar-refractivity contribution in [1.82, 2.24) is 10.2 Å². The highest BCUT2D eigenvalue weighted by atomic mass is 79.9. The maximum atomic E-state index is 13.5. The fourth-order valence-corrected chi connectivity index (χ4v) is 2.83. The van der Waals surface area contributed by atoms with E-state index in [9.17, 15) is 4.39 Å². The first-order chi connectivity index (χ1) is 9.15. The third-order valence-corrected chi connectivity index (χ3v) is 4.30. The molecule has 1 fully saturated rings. The van der Waals surface area contributed by atoms with Crippen molar-refractivity contribution in [2.24, 2.45) is 5.92 Å². The number of piperidine rings is 1. The number of hydrogen-bond acceptors (Lipinski definition) is 2. The minimum absolute atomic E-state index is 0.137. The van der Waals surface area contributed by atoms with Crippen LogP contribution in [0.3, 0.4) is 0 Å². The Morgan fingerprint density at radius 3 is 2.84 bits per heavy atom. The fourth-order valence-electron chi connectivity index (χ4n) is 2.42. The highest BCUT2D eigenvalue weighted by Crippen LogP contribution is 2.16. The predicted molar refractivity (Wildman–Crippen MR) is 80.6 cm³/mol. The fraction of sp³-hybridized carbons (Fsp3) is 0.600. The highest BCUT2D eigenvalue weighted by molar-refractivity contribution is 9.10. The maximum absolute atomic E-state index is 13.5. The lowest BCUT2D eigenvalue weighted by Crippen LogP contribution is -2.37. The van der Waals surface area contributed by atoms with E-state index in [4.69, 9.17) is 0 Å². The van der Waals surface area contributed by atoms with E-state index in [0.29, 0.717) is 6.54 Å². The van der Waals surface area contributed by atoms with Crippen LogP contribution >= 0.6 is 15.9 Å². The van der Waals surface area contributed by atoms with Crippen LogP contribution in [0.5, 0.6) is 0 Å². The molecule has 1 heterocycles. The Morgan fingerprint density at radius 1 is 1.37 bits per heavy atom. The van der Waals surface area contributed by atoms with Gasteiger partial charge in [0.1, 0.15) is 5.82 Å². The topological polar surface area (TPSA) is 15.3 Å². The van der Waals surface area contributed by atoms with E-state index in [1.807, 2.05) is 6.07 Å². The molecule has 106 valence electrons. The molecule has 0 atom stereocenters. The van der Waals surface area contributed by atoms with Gasteiger partial charge in [-0.2, -0.15) is 0 Å². The molecule has 1 aliphatic heterocycles. The number of halogens is 2. The van der Waals surface area contributed by atoms with Crippen LogP contribution in [-0.2, 0) is 6.54 Å². The van der Waals surface area contributed by atoms with E-state index in [1.165, 1.54) is 32.0 Å². The molecule has 1 aromatic carbocycles. The van der Waals surface area contributed by atoms with Crippen LogP contribution in [0.15, 0.2) is 22.7 Å². The lowest BCUT2D eigenvalue weighted by molar-refractivity contribution is 0.193. The van der Waals surface area contributed by atoms with Gasteiger partial charge in [-0.3, -0.25) is 0 Å². The molecule has 0 unspecified atom stereocenters. The average molecular weight is 329 g/mol. The number of nitrogens with one attached hydrogen (secondary N) is 1. The summed E-state index contributed by atoms with van der Waals surface area (Å²) >= 11 is 3.37. The normalized spacial score (nSPS) is 17.8. The smallest absolute Gasteiger partial charge is 0.127 e. The van der Waals surface area contributed by atoms with Gasteiger partial charge in [-0.1, -0.05) is 22.9 Å². The van der Waals surface area contributed by atoms with Crippen LogP contribution in [0, 0.1) is 11.7 Å². The SMILES string of the molecule is CC1CCN(CCNCc2cc(Br)ccc2F)CC1. The molecule has 19 heavy (non-hydrogen) atoms. The van der Waals surface area contributed by atoms with Crippen molar-refractivity contribution < 1.29 is 4.39 Å². The Bertz CT molecular complexity index is 403. The molecule has 2 rings (SSSR count). The van der Waals surface area contributed by atoms with Gasteiger partial charge in [0.15, 0.2) is 0 Å². The predicted octanol–water partition coefficient (Wildman–Crippen LogP) is 3.41. The molecule has 1 saturated heterocycles. The zero-order valence-electron chi connectivity index (χ0n) is 11.5.